The Kier molecular flexibility index (Phi) is 4.32. The molecule has 2 nitrogen and oxygen atoms in total. The highest BCUT2D eigenvalue weighted by Gasteiger charge is 2.30. The number of alkyl halides is 3. The van der Waals surface area contributed by atoms with Gasteiger partial charge in [0.1, 0.15) is 12.2 Å². The first kappa shape index (κ1) is 14.0. The molecule has 1 aromatic carbocycles. The lowest BCUT2D eigenvalue weighted by atomic mass is 10.1. The van der Waals surface area contributed by atoms with E-state index in [1.165, 1.54) is 7.11 Å². The fourth-order valence-corrected chi connectivity index (χ4v) is 1.08. The van der Waals surface area contributed by atoms with Crippen LogP contribution in [0.3, 0.4) is 0 Å². The van der Waals surface area contributed by atoms with Crippen molar-refractivity contribution in [2.75, 3.05) is 7.11 Å². The van der Waals surface area contributed by atoms with Crippen LogP contribution in [0.5, 0.6) is 0 Å². The Morgan fingerprint density at radius 3 is 2.56 bits per heavy atom. The summed E-state index contributed by atoms with van der Waals surface area (Å²) in [6, 6.07) is 2.01. The second kappa shape index (κ2) is 5.54. The van der Waals surface area contributed by atoms with E-state index in [2.05, 4.69) is 16.6 Å². The Labute approximate surface area is 101 Å². The maximum Gasteiger partial charge on any atom is 0.416 e. The van der Waals surface area contributed by atoms with Gasteiger partial charge in [-0.05, 0) is 18.2 Å². The molecule has 0 spiro atoms. The molecule has 18 heavy (non-hydrogen) atoms. The molecule has 1 rings (SSSR count). The summed E-state index contributed by atoms with van der Waals surface area (Å²) in [5.41, 5.74) is -1.29. The third kappa shape index (κ3) is 3.77. The van der Waals surface area contributed by atoms with Crippen LogP contribution >= 0.6 is 0 Å². The first-order valence-corrected chi connectivity index (χ1v) is 4.77. The Morgan fingerprint density at radius 1 is 1.39 bits per heavy atom. The zero-order valence-electron chi connectivity index (χ0n) is 9.27. The van der Waals surface area contributed by atoms with Crippen molar-refractivity contribution in [3.8, 4) is 11.8 Å². The van der Waals surface area contributed by atoms with E-state index < -0.39 is 23.5 Å². The smallest absolute Gasteiger partial charge is 0.416 e. The minimum absolute atomic E-state index is 0.202. The molecular formula is C12H8F4O2. The number of esters is 1. The number of hydrogen-bond acceptors (Lipinski definition) is 2. The van der Waals surface area contributed by atoms with Gasteiger partial charge in [0, 0.05) is 0 Å². The lowest BCUT2D eigenvalue weighted by molar-refractivity contribution is -0.139. The van der Waals surface area contributed by atoms with Crippen molar-refractivity contribution in [1.29, 1.82) is 0 Å². The molecule has 0 amide bonds. The Balaban J connectivity index is 2.90. The average molecular weight is 260 g/mol. The molecular weight excluding hydrogens is 252 g/mol. The summed E-state index contributed by atoms with van der Waals surface area (Å²) in [6.07, 6.45) is -4.85. The monoisotopic (exact) mass is 260 g/mol. The van der Waals surface area contributed by atoms with Crippen LogP contribution in [0.1, 0.15) is 17.5 Å². The van der Waals surface area contributed by atoms with Crippen LogP contribution in [-0.4, -0.2) is 13.1 Å². The maximum absolute atomic E-state index is 13.3. The van der Waals surface area contributed by atoms with Crippen LogP contribution in [0.15, 0.2) is 18.2 Å². The van der Waals surface area contributed by atoms with Crippen LogP contribution < -0.4 is 0 Å². The molecule has 0 saturated heterocycles. The van der Waals surface area contributed by atoms with Gasteiger partial charge in [0.25, 0.3) is 0 Å². The van der Waals surface area contributed by atoms with E-state index in [-0.39, 0.29) is 12.0 Å². The zero-order valence-corrected chi connectivity index (χ0v) is 9.27. The van der Waals surface area contributed by atoms with Crippen LogP contribution in [0.2, 0.25) is 0 Å². The van der Waals surface area contributed by atoms with Gasteiger partial charge in [-0.3, -0.25) is 4.79 Å². The second-order valence-electron chi connectivity index (χ2n) is 3.25. The number of halogens is 4. The molecule has 0 N–H and O–H groups in total. The fraction of sp³-hybridized carbons (Fsp3) is 0.250. The van der Waals surface area contributed by atoms with E-state index in [1.807, 2.05) is 0 Å². The van der Waals surface area contributed by atoms with Crippen molar-refractivity contribution in [1.82, 2.24) is 0 Å². The molecule has 0 aliphatic heterocycles. The molecule has 0 fully saturated rings. The third-order valence-corrected chi connectivity index (χ3v) is 1.98. The van der Waals surface area contributed by atoms with E-state index >= 15 is 0 Å². The average Bonchev–Trinajstić information content (AvgIpc) is 2.29. The predicted molar refractivity (Wildman–Crippen MR) is 54.9 cm³/mol. The second-order valence-corrected chi connectivity index (χ2v) is 3.25. The molecule has 0 heterocycles. The van der Waals surface area contributed by atoms with Gasteiger partial charge in [0.05, 0.1) is 18.2 Å². The van der Waals surface area contributed by atoms with Crippen molar-refractivity contribution in [2.24, 2.45) is 0 Å². The van der Waals surface area contributed by atoms with Gasteiger partial charge in [-0.1, -0.05) is 11.8 Å². The molecule has 0 unspecified atom stereocenters. The molecule has 0 aliphatic carbocycles. The molecule has 0 saturated carbocycles. The van der Waals surface area contributed by atoms with E-state index in [1.54, 1.807) is 0 Å². The summed E-state index contributed by atoms with van der Waals surface area (Å²) in [5, 5.41) is 0. The summed E-state index contributed by atoms with van der Waals surface area (Å²) in [7, 11) is 1.17. The SMILES string of the molecule is COC(=O)CC#Cc1ccc(C(F)(F)F)cc1F. The van der Waals surface area contributed by atoms with E-state index in [0.717, 1.165) is 12.1 Å². The van der Waals surface area contributed by atoms with Crippen molar-refractivity contribution in [3.05, 3.63) is 35.1 Å². The Bertz CT molecular complexity index is 509. The molecule has 1 aromatic rings. The maximum atomic E-state index is 13.3. The summed E-state index contributed by atoms with van der Waals surface area (Å²) in [6.45, 7) is 0. The van der Waals surface area contributed by atoms with Crippen LogP contribution in [-0.2, 0) is 15.7 Å². The number of carbonyl (C=O) groups is 1. The lowest BCUT2D eigenvalue weighted by Crippen LogP contribution is -2.05. The van der Waals surface area contributed by atoms with Crippen molar-refractivity contribution in [3.63, 3.8) is 0 Å². The normalized spacial score (nSPS) is 10.5. The number of benzene rings is 1. The number of ether oxygens (including phenoxy) is 1. The summed E-state index contributed by atoms with van der Waals surface area (Å²) in [4.78, 5) is 10.7. The van der Waals surface area contributed by atoms with Gasteiger partial charge in [0.15, 0.2) is 0 Å². The lowest BCUT2D eigenvalue weighted by Gasteiger charge is -2.06. The Hall–Kier alpha value is -2.03. The quantitative estimate of drug-likeness (QED) is 0.441. The topological polar surface area (TPSA) is 26.3 Å². The highest BCUT2D eigenvalue weighted by Crippen LogP contribution is 2.29. The minimum atomic E-state index is -4.60. The predicted octanol–water partition coefficient (Wildman–Crippen LogP) is 2.76. The molecule has 0 aromatic heterocycles. The molecule has 0 atom stereocenters. The van der Waals surface area contributed by atoms with E-state index in [4.69, 9.17) is 0 Å². The van der Waals surface area contributed by atoms with Crippen LogP contribution in [0, 0.1) is 17.7 Å². The molecule has 0 bridgehead atoms. The minimum Gasteiger partial charge on any atom is -0.468 e. The standard InChI is InChI=1S/C12H8F4O2/c1-18-11(17)4-2-3-8-5-6-9(7-10(8)13)12(14,15)16/h5-7H,4H2,1H3. The first-order chi connectivity index (χ1) is 8.34. The zero-order chi connectivity index (χ0) is 13.8. The largest absolute Gasteiger partial charge is 0.468 e. The summed E-state index contributed by atoms with van der Waals surface area (Å²) in [5.74, 6) is 2.89. The van der Waals surface area contributed by atoms with Gasteiger partial charge in [-0.2, -0.15) is 13.2 Å². The first-order valence-electron chi connectivity index (χ1n) is 4.77. The van der Waals surface area contributed by atoms with Crippen molar-refractivity contribution in [2.45, 2.75) is 12.6 Å². The molecule has 6 heteroatoms. The van der Waals surface area contributed by atoms with E-state index in [0.29, 0.717) is 6.07 Å². The van der Waals surface area contributed by atoms with Gasteiger partial charge < -0.3 is 4.74 Å². The van der Waals surface area contributed by atoms with Gasteiger partial charge >= 0.3 is 12.1 Å². The highest BCUT2D eigenvalue weighted by atomic mass is 19.4. The number of methoxy groups -OCH3 is 1. The summed E-state index contributed by atoms with van der Waals surface area (Å²) < 4.78 is 54.3. The third-order valence-electron chi connectivity index (χ3n) is 1.98. The Morgan fingerprint density at radius 2 is 2.06 bits per heavy atom. The molecule has 96 valence electrons. The highest BCUT2D eigenvalue weighted by molar-refractivity contribution is 5.72. The number of hydrogen-bond donors (Lipinski definition) is 0. The van der Waals surface area contributed by atoms with Crippen molar-refractivity contribution < 1.29 is 27.1 Å². The fourth-order valence-electron chi connectivity index (χ4n) is 1.08. The van der Waals surface area contributed by atoms with Gasteiger partial charge in [-0.25, -0.2) is 4.39 Å². The summed E-state index contributed by atoms with van der Waals surface area (Å²) >= 11 is 0. The van der Waals surface area contributed by atoms with Gasteiger partial charge in [-0.15, -0.1) is 0 Å². The van der Waals surface area contributed by atoms with Crippen LogP contribution in [0.25, 0.3) is 0 Å². The van der Waals surface area contributed by atoms with Gasteiger partial charge in [0.2, 0.25) is 0 Å². The van der Waals surface area contributed by atoms with E-state index in [9.17, 15) is 22.4 Å². The number of rotatable bonds is 1. The molecule has 0 aliphatic rings. The van der Waals surface area contributed by atoms with Crippen molar-refractivity contribution >= 4 is 5.97 Å². The van der Waals surface area contributed by atoms with Crippen LogP contribution in [0.4, 0.5) is 17.6 Å². The molecule has 0 radical (unpaired) electrons. The number of carbonyl (C=O) groups excluding carboxylic acids is 1.